The maximum Gasteiger partial charge on any atom is 0.104 e. The summed E-state index contributed by atoms with van der Waals surface area (Å²) in [5.74, 6) is 0. The van der Waals surface area contributed by atoms with Crippen LogP contribution in [-0.4, -0.2) is 21.3 Å². The van der Waals surface area contributed by atoms with Crippen molar-refractivity contribution in [3.63, 3.8) is 0 Å². The molecule has 0 fully saturated rings. The van der Waals surface area contributed by atoms with E-state index in [4.69, 9.17) is 5.11 Å². The third-order valence-electron chi connectivity index (χ3n) is 1.22. The van der Waals surface area contributed by atoms with Gasteiger partial charge in [0, 0.05) is 0 Å². The molecule has 0 rings (SSSR count). The maximum atomic E-state index is 11.0. The first-order chi connectivity index (χ1) is 4.59. The van der Waals surface area contributed by atoms with E-state index < -0.39 is 11.0 Å². The first-order valence-corrected chi connectivity index (χ1v) is 4.21. The van der Waals surface area contributed by atoms with E-state index in [1.165, 1.54) is 0 Å². The highest BCUT2D eigenvalue weighted by Crippen LogP contribution is 2.02. The average Bonchev–Trinajstić information content (AvgIpc) is 1.87. The van der Waals surface area contributed by atoms with Gasteiger partial charge in [0.1, 0.15) is 17.7 Å². The molecule has 0 heterocycles. The summed E-state index contributed by atoms with van der Waals surface area (Å²) in [6.07, 6.45) is 0. The summed E-state index contributed by atoms with van der Waals surface area (Å²) in [6.45, 7) is 6.98. The van der Waals surface area contributed by atoms with E-state index in [9.17, 15) is 4.21 Å². The first kappa shape index (κ1) is 9.81. The van der Waals surface area contributed by atoms with E-state index in [0.29, 0.717) is 0 Å². The van der Waals surface area contributed by atoms with Gasteiger partial charge in [-0.2, -0.15) is 0 Å². The van der Waals surface area contributed by atoms with Crippen LogP contribution in [0.3, 0.4) is 0 Å². The van der Waals surface area contributed by atoms with Crippen molar-refractivity contribution in [2.24, 2.45) is 0 Å². The molecule has 0 aliphatic rings. The van der Waals surface area contributed by atoms with Crippen molar-refractivity contribution < 1.29 is 9.32 Å². The summed E-state index contributed by atoms with van der Waals surface area (Å²) in [5, 5.41) is 8.23. The van der Waals surface area contributed by atoms with Crippen LogP contribution < -0.4 is 4.72 Å². The van der Waals surface area contributed by atoms with Crippen molar-refractivity contribution in [1.82, 2.24) is 4.72 Å². The Kier molecular flexibility index (Phi) is 4.51. The Morgan fingerprint density at radius 2 is 2.40 bits per heavy atom. The van der Waals surface area contributed by atoms with E-state index >= 15 is 0 Å². The molecule has 0 aromatic heterocycles. The van der Waals surface area contributed by atoms with Gasteiger partial charge in [-0.25, -0.2) is 8.93 Å². The van der Waals surface area contributed by atoms with E-state index in [2.05, 4.69) is 11.3 Å². The van der Waals surface area contributed by atoms with Crippen LogP contribution in [0.4, 0.5) is 0 Å². The quantitative estimate of drug-likeness (QED) is 0.458. The van der Waals surface area contributed by atoms with Crippen molar-refractivity contribution in [1.29, 1.82) is 0 Å². The molecule has 0 spiro atoms. The Bertz CT molecular complexity index is 147. The number of hydrogen-bond donors (Lipinski definition) is 2. The second-order valence-corrected chi connectivity index (χ2v) is 3.68. The second kappa shape index (κ2) is 4.60. The standard InChI is InChI=1S/C6H13NO2S/c1-5(2)6(3)10(9)7-4-8/h6-8H,1,4H2,2-3H3. The molecule has 0 amide bonds. The number of aliphatic hydroxyl groups excluding tert-OH is 1. The van der Waals surface area contributed by atoms with E-state index in [0.717, 1.165) is 5.57 Å². The highest BCUT2D eigenvalue weighted by molar-refractivity contribution is 7.83. The maximum absolute atomic E-state index is 11.0. The molecule has 2 N–H and O–H groups in total. The fraction of sp³-hybridized carbons (Fsp3) is 0.667. The summed E-state index contributed by atoms with van der Waals surface area (Å²) in [5.41, 5.74) is 0.847. The van der Waals surface area contributed by atoms with Crippen LogP contribution in [0.15, 0.2) is 12.2 Å². The Morgan fingerprint density at radius 1 is 1.90 bits per heavy atom. The monoisotopic (exact) mass is 163 g/mol. The van der Waals surface area contributed by atoms with Crippen LogP contribution in [0.1, 0.15) is 13.8 Å². The first-order valence-electron chi connectivity index (χ1n) is 3.00. The second-order valence-electron chi connectivity index (χ2n) is 2.09. The molecule has 2 unspecified atom stereocenters. The lowest BCUT2D eigenvalue weighted by molar-refractivity contribution is 0.291. The number of nitrogens with one attached hydrogen (secondary N) is 1. The summed E-state index contributed by atoms with van der Waals surface area (Å²) in [4.78, 5) is 0. The van der Waals surface area contributed by atoms with Gasteiger partial charge in [0.05, 0.1) is 5.25 Å². The predicted molar refractivity (Wildman–Crippen MR) is 42.6 cm³/mol. The molecule has 0 aliphatic carbocycles. The van der Waals surface area contributed by atoms with Gasteiger partial charge < -0.3 is 5.11 Å². The van der Waals surface area contributed by atoms with E-state index in [1.54, 1.807) is 6.92 Å². The van der Waals surface area contributed by atoms with Crippen molar-refractivity contribution in [2.45, 2.75) is 19.1 Å². The van der Waals surface area contributed by atoms with E-state index in [1.807, 2.05) is 6.92 Å². The van der Waals surface area contributed by atoms with Crippen molar-refractivity contribution >= 4 is 11.0 Å². The van der Waals surface area contributed by atoms with Crippen molar-refractivity contribution in [3.8, 4) is 0 Å². The molecule has 4 heteroatoms. The van der Waals surface area contributed by atoms with Crippen LogP contribution in [0.2, 0.25) is 0 Å². The van der Waals surface area contributed by atoms with Crippen molar-refractivity contribution in [2.75, 3.05) is 6.73 Å². The highest BCUT2D eigenvalue weighted by Gasteiger charge is 2.09. The van der Waals surface area contributed by atoms with Gasteiger partial charge in [-0.1, -0.05) is 12.2 Å². The largest absolute Gasteiger partial charge is 0.380 e. The minimum Gasteiger partial charge on any atom is -0.380 e. The van der Waals surface area contributed by atoms with Gasteiger partial charge in [-0.3, -0.25) is 0 Å². The fourth-order valence-corrected chi connectivity index (χ4v) is 1.11. The lowest BCUT2D eigenvalue weighted by atomic mass is 10.3. The molecule has 10 heavy (non-hydrogen) atoms. The summed E-state index contributed by atoms with van der Waals surface area (Å²) < 4.78 is 13.4. The third-order valence-corrected chi connectivity index (χ3v) is 2.68. The Balaban J connectivity index is 3.82. The third kappa shape index (κ3) is 3.10. The van der Waals surface area contributed by atoms with Gasteiger partial charge in [0.25, 0.3) is 0 Å². The van der Waals surface area contributed by atoms with Crippen LogP contribution in [0.5, 0.6) is 0 Å². The minimum absolute atomic E-state index is 0.104. The molecular formula is C6H13NO2S. The van der Waals surface area contributed by atoms with Gasteiger partial charge in [0.15, 0.2) is 0 Å². The number of aliphatic hydroxyl groups is 1. The Hall–Kier alpha value is -0.190. The van der Waals surface area contributed by atoms with Gasteiger partial charge >= 0.3 is 0 Å². The normalized spacial score (nSPS) is 16.3. The van der Waals surface area contributed by atoms with Gasteiger partial charge in [-0.05, 0) is 13.8 Å². The molecular weight excluding hydrogens is 150 g/mol. The summed E-state index contributed by atoms with van der Waals surface area (Å²) >= 11 is 0. The molecule has 2 atom stereocenters. The summed E-state index contributed by atoms with van der Waals surface area (Å²) in [6, 6.07) is 0. The molecule has 3 nitrogen and oxygen atoms in total. The predicted octanol–water partition coefficient (Wildman–Crippen LogP) is 0.154. The zero-order chi connectivity index (χ0) is 8.15. The lowest BCUT2D eigenvalue weighted by Crippen LogP contribution is -2.27. The van der Waals surface area contributed by atoms with Crippen LogP contribution in [-0.2, 0) is 11.0 Å². The molecule has 0 bridgehead atoms. The molecule has 0 aliphatic heterocycles. The Labute approximate surface area is 63.7 Å². The van der Waals surface area contributed by atoms with Crippen LogP contribution >= 0.6 is 0 Å². The number of hydrogen-bond acceptors (Lipinski definition) is 2. The molecule has 0 aromatic carbocycles. The lowest BCUT2D eigenvalue weighted by Gasteiger charge is -2.09. The van der Waals surface area contributed by atoms with Gasteiger partial charge in [0.2, 0.25) is 0 Å². The topological polar surface area (TPSA) is 49.3 Å². The molecule has 0 radical (unpaired) electrons. The smallest absolute Gasteiger partial charge is 0.104 e. The van der Waals surface area contributed by atoms with E-state index in [-0.39, 0.29) is 12.0 Å². The SMILES string of the molecule is C=C(C)C(C)S(=O)NCO. The molecule has 60 valence electrons. The molecule has 0 saturated carbocycles. The minimum atomic E-state index is -1.19. The molecule has 0 aromatic rings. The van der Waals surface area contributed by atoms with Crippen molar-refractivity contribution in [3.05, 3.63) is 12.2 Å². The highest BCUT2D eigenvalue weighted by atomic mass is 32.2. The van der Waals surface area contributed by atoms with Crippen LogP contribution in [0, 0.1) is 0 Å². The molecule has 0 saturated heterocycles. The van der Waals surface area contributed by atoms with Crippen LogP contribution in [0.25, 0.3) is 0 Å². The van der Waals surface area contributed by atoms with Gasteiger partial charge in [-0.15, -0.1) is 0 Å². The zero-order valence-corrected chi connectivity index (χ0v) is 7.07. The summed E-state index contributed by atoms with van der Waals surface area (Å²) in [7, 11) is -1.19. The fourth-order valence-electron chi connectivity index (χ4n) is 0.371. The average molecular weight is 163 g/mol. The number of rotatable bonds is 4. The zero-order valence-electron chi connectivity index (χ0n) is 6.26. The Morgan fingerprint density at radius 3 is 2.70 bits per heavy atom.